The summed E-state index contributed by atoms with van der Waals surface area (Å²) in [7, 11) is 0. The highest BCUT2D eigenvalue weighted by atomic mass is 16.3. The molecular weight excluding hydrogens is 226 g/mol. The van der Waals surface area contributed by atoms with E-state index in [2.05, 4.69) is 12.2 Å². The first-order chi connectivity index (χ1) is 8.63. The van der Waals surface area contributed by atoms with Gasteiger partial charge in [0.1, 0.15) is 5.75 Å². The number of nitrogens with one attached hydrogen (secondary N) is 1. The number of aryl methyl sites for hydroxylation is 1. The fourth-order valence-corrected chi connectivity index (χ4v) is 2.11. The lowest BCUT2D eigenvalue weighted by molar-refractivity contribution is 0.204. The number of hydrogen-bond acceptors (Lipinski definition) is 3. The fourth-order valence-electron chi connectivity index (χ4n) is 2.11. The average Bonchev–Trinajstić information content (AvgIpc) is 3.16. The van der Waals surface area contributed by atoms with Crippen molar-refractivity contribution in [2.24, 2.45) is 5.41 Å². The number of rotatable bonds is 7. The number of aromatic hydroxyl groups is 1. The molecule has 0 bridgehead atoms. The molecule has 1 aliphatic carbocycles. The first-order valence-electron chi connectivity index (χ1n) is 6.76. The number of hydrogen-bond donors (Lipinski definition) is 3. The van der Waals surface area contributed by atoms with Gasteiger partial charge >= 0.3 is 0 Å². The van der Waals surface area contributed by atoms with E-state index in [1.807, 2.05) is 12.1 Å². The Morgan fingerprint density at radius 2 is 1.94 bits per heavy atom. The molecule has 1 aromatic carbocycles. The Balaban J connectivity index is 1.68. The van der Waals surface area contributed by atoms with Crippen LogP contribution in [0.3, 0.4) is 0 Å². The van der Waals surface area contributed by atoms with Crippen LogP contribution in [0.5, 0.6) is 5.75 Å². The Bertz CT molecular complexity index is 371. The number of phenolic OH excluding ortho intramolecular Hbond substituents is 1. The molecule has 0 aromatic heterocycles. The van der Waals surface area contributed by atoms with Crippen LogP contribution in [0.1, 0.15) is 31.7 Å². The van der Waals surface area contributed by atoms with E-state index in [0.717, 1.165) is 32.2 Å². The first-order valence-corrected chi connectivity index (χ1v) is 6.76. The van der Waals surface area contributed by atoms with Gasteiger partial charge in [0.05, 0.1) is 0 Å². The molecular formula is C15H23NO2. The van der Waals surface area contributed by atoms with Gasteiger partial charge in [-0.3, -0.25) is 0 Å². The molecule has 1 aromatic rings. The quantitative estimate of drug-likeness (QED) is 0.693. The maximum Gasteiger partial charge on any atom is 0.115 e. The minimum Gasteiger partial charge on any atom is -0.508 e. The second-order valence-electron chi connectivity index (χ2n) is 5.65. The smallest absolute Gasteiger partial charge is 0.115 e. The van der Waals surface area contributed by atoms with Gasteiger partial charge in [0.2, 0.25) is 0 Å². The van der Waals surface area contributed by atoms with Gasteiger partial charge in [-0.1, -0.05) is 12.1 Å². The predicted molar refractivity (Wildman–Crippen MR) is 72.6 cm³/mol. The highest BCUT2D eigenvalue weighted by Gasteiger charge is 2.41. The molecule has 3 N–H and O–H groups in total. The maximum atomic E-state index is 9.24. The van der Waals surface area contributed by atoms with Crippen LogP contribution in [0.2, 0.25) is 0 Å². The zero-order chi connectivity index (χ0) is 13.0. The molecule has 0 saturated heterocycles. The van der Waals surface area contributed by atoms with E-state index in [9.17, 15) is 10.2 Å². The van der Waals surface area contributed by atoms with E-state index in [1.54, 1.807) is 12.1 Å². The van der Waals surface area contributed by atoms with Crippen LogP contribution in [0.25, 0.3) is 0 Å². The molecule has 0 heterocycles. The van der Waals surface area contributed by atoms with E-state index in [4.69, 9.17) is 0 Å². The first kappa shape index (κ1) is 13.4. The molecule has 1 unspecified atom stereocenters. The van der Waals surface area contributed by atoms with Gasteiger partial charge in [-0.2, -0.15) is 0 Å². The molecule has 0 aliphatic heterocycles. The van der Waals surface area contributed by atoms with Crippen molar-refractivity contribution in [1.82, 2.24) is 5.32 Å². The summed E-state index contributed by atoms with van der Waals surface area (Å²) in [4.78, 5) is 0. The lowest BCUT2D eigenvalue weighted by atomic mass is 10.0. The van der Waals surface area contributed by atoms with Crippen LogP contribution in [0, 0.1) is 5.41 Å². The van der Waals surface area contributed by atoms with E-state index in [1.165, 1.54) is 5.56 Å². The number of phenols is 1. The summed E-state index contributed by atoms with van der Waals surface area (Å²) in [6, 6.07) is 7.87. The van der Waals surface area contributed by atoms with Crippen molar-refractivity contribution in [2.75, 3.05) is 13.2 Å². The molecule has 2 rings (SSSR count). The van der Waals surface area contributed by atoms with Crippen LogP contribution >= 0.6 is 0 Å². The summed E-state index contributed by atoms with van der Waals surface area (Å²) in [6.45, 7) is 3.43. The van der Waals surface area contributed by atoms with Gasteiger partial charge in [0, 0.05) is 24.6 Å². The molecule has 0 radical (unpaired) electrons. The third-order valence-corrected chi connectivity index (χ3v) is 3.92. The topological polar surface area (TPSA) is 52.5 Å². The summed E-state index contributed by atoms with van der Waals surface area (Å²) in [6.07, 6.45) is 4.40. The molecule has 3 heteroatoms. The van der Waals surface area contributed by atoms with Crippen molar-refractivity contribution in [3.63, 3.8) is 0 Å². The number of benzene rings is 1. The molecule has 100 valence electrons. The van der Waals surface area contributed by atoms with Gasteiger partial charge in [-0.15, -0.1) is 0 Å². The third-order valence-electron chi connectivity index (χ3n) is 3.92. The summed E-state index contributed by atoms with van der Waals surface area (Å²) in [5, 5.41) is 22.0. The average molecular weight is 249 g/mol. The third kappa shape index (κ3) is 3.72. The molecule has 1 aliphatic rings. The molecule has 0 amide bonds. The minimum atomic E-state index is 0.187. The molecule has 1 fully saturated rings. The standard InChI is InChI=1S/C15H23NO2/c1-12(16-10-15(11-17)8-9-15)2-3-13-4-6-14(18)7-5-13/h4-7,12,16-18H,2-3,8-11H2,1H3. The predicted octanol–water partition coefficient (Wildman–Crippen LogP) is 2.08. The summed E-state index contributed by atoms with van der Waals surface area (Å²) < 4.78 is 0. The summed E-state index contributed by atoms with van der Waals surface area (Å²) >= 11 is 0. The van der Waals surface area contributed by atoms with Gasteiger partial charge in [0.15, 0.2) is 0 Å². The lowest BCUT2D eigenvalue weighted by Gasteiger charge is -2.18. The maximum absolute atomic E-state index is 9.24. The SMILES string of the molecule is CC(CCc1ccc(O)cc1)NCC1(CO)CC1. The highest BCUT2D eigenvalue weighted by molar-refractivity contribution is 5.25. The Kier molecular flexibility index (Phi) is 4.25. The number of aliphatic hydroxyl groups excluding tert-OH is 1. The molecule has 0 spiro atoms. The van der Waals surface area contributed by atoms with E-state index in [0.29, 0.717) is 18.4 Å². The molecule has 18 heavy (non-hydrogen) atoms. The monoisotopic (exact) mass is 249 g/mol. The number of aliphatic hydroxyl groups is 1. The normalized spacial score (nSPS) is 18.6. The van der Waals surface area contributed by atoms with Crippen LogP contribution in [-0.4, -0.2) is 29.4 Å². The van der Waals surface area contributed by atoms with Crippen molar-refractivity contribution in [3.8, 4) is 5.75 Å². The Morgan fingerprint density at radius 1 is 1.28 bits per heavy atom. The van der Waals surface area contributed by atoms with Crippen LogP contribution < -0.4 is 5.32 Å². The second kappa shape index (κ2) is 5.72. The van der Waals surface area contributed by atoms with Crippen molar-refractivity contribution in [2.45, 2.75) is 38.6 Å². The van der Waals surface area contributed by atoms with Gasteiger partial charge in [-0.05, 0) is 50.3 Å². The Hall–Kier alpha value is -1.06. The van der Waals surface area contributed by atoms with Crippen LogP contribution in [0.4, 0.5) is 0 Å². The fraction of sp³-hybridized carbons (Fsp3) is 0.600. The summed E-state index contributed by atoms with van der Waals surface area (Å²) in [5.74, 6) is 0.323. The van der Waals surface area contributed by atoms with Crippen molar-refractivity contribution >= 4 is 0 Å². The van der Waals surface area contributed by atoms with Gasteiger partial charge < -0.3 is 15.5 Å². The zero-order valence-electron chi connectivity index (χ0n) is 11.0. The largest absolute Gasteiger partial charge is 0.508 e. The molecule has 1 saturated carbocycles. The Morgan fingerprint density at radius 3 is 2.50 bits per heavy atom. The zero-order valence-corrected chi connectivity index (χ0v) is 11.0. The Labute approximate surface area is 109 Å². The van der Waals surface area contributed by atoms with Crippen molar-refractivity contribution < 1.29 is 10.2 Å². The second-order valence-corrected chi connectivity index (χ2v) is 5.65. The van der Waals surface area contributed by atoms with Gasteiger partial charge in [0.25, 0.3) is 0 Å². The summed E-state index contributed by atoms with van der Waals surface area (Å²) in [5.41, 5.74) is 1.44. The van der Waals surface area contributed by atoms with E-state index in [-0.39, 0.29) is 5.41 Å². The molecule has 1 atom stereocenters. The van der Waals surface area contributed by atoms with E-state index >= 15 is 0 Å². The van der Waals surface area contributed by atoms with Crippen molar-refractivity contribution in [1.29, 1.82) is 0 Å². The lowest BCUT2D eigenvalue weighted by Crippen LogP contribution is -2.33. The van der Waals surface area contributed by atoms with E-state index < -0.39 is 0 Å². The van der Waals surface area contributed by atoms with Crippen LogP contribution in [-0.2, 0) is 6.42 Å². The van der Waals surface area contributed by atoms with Crippen molar-refractivity contribution in [3.05, 3.63) is 29.8 Å². The minimum absolute atomic E-state index is 0.187. The molecule has 3 nitrogen and oxygen atoms in total. The highest BCUT2D eigenvalue weighted by Crippen LogP contribution is 2.44. The van der Waals surface area contributed by atoms with Gasteiger partial charge in [-0.25, -0.2) is 0 Å². The van der Waals surface area contributed by atoms with Crippen LogP contribution in [0.15, 0.2) is 24.3 Å².